The van der Waals surface area contributed by atoms with Crippen LogP contribution in [0.4, 0.5) is 0 Å². The van der Waals surface area contributed by atoms with E-state index >= 15 is 0 Å². The van der Waals surface area contributed by atoms with Crippen LogP contribution in [0.1, 0.15) is 31.9 Å². The first-order chi connectivity index (χ1) is 9.65. The van der Waals surface area contributed by atoms with E-state index in [1.54, 1.807) is 7.11 Å². The zero-order valence-corrected chi connectivity index (χ0v) is 13.6. The summed E-state index contributed by atoms with van der Waals surface area (Å²) in [5.74, 6) is 0.904. The Morgan fingerprint density at radius 2 is 2.05 bits per heavy atom. The summed E-state index contributed by atoms with van der Waals surface area (Å²) in [6, 6.07) is 8.69. The second-order valence-electron chi connectivity index (χ2n) is 5.28. The average Bonchev–Trinajstić information content (AvgIpc) is 2.86. The maximum absolute atomic E-state index is 5.66. The van der Waals surface area contributed by atoms with Crippen LogP contribution in [-0.2, 0) is 4.74 Å². The van der Waals surface area contributed by atoms with Gasteiger partial charge >= 0.3 is 0 Å². The molecule has 1 aromatic rings. The van der Waals surface area contributed by atoms with Gasteiger partial charge in [-0.15, -0.1) is 0 Å². The van der Waals surface area contributed by atoms with E-state index in [1.165, 1.54) is 5.56 Å². The third-order valence-electron chi connectivity index (χ3n) is 3.95. The Kier molecular flexibility index (Phi) is 5.75. The predicted octanol–water partition coefficient (Wildman–Crippen LogP) is 3.25. The number of hydrogen-bond acceptors (Lipinski definition) is 4. The molecule has 0 spiro atoms. The third kappa shape index (κ3) is 3.68. The van der Waals surface area contributed by atoms with E-state index in [9.17, 15) is 0 Å². The predicted molar refractivity (Wildman–Crippen MR) is 85.7 cm³/mol. The molecule has 2 rings (SSSR count). The van der Waals surface area contributed by atoms with Crippen molar-refractivity contribution in [3.05, 3.63) is 29.8 Å². The minimum atomic E-state index is 0.346. The maximum Gasteiger partial charge on any atom is 0.118 e. The molecule has 0 radical (unpaired) electrons. The van der Waals surface area contributed by atoms with E-state index in [2.05, 4.69) is 31.3 Å². The standard InChI is InChI=1S/C16H25NO2S/c1-11-15(9-10-19-11)20-12(2)16(17-3)13-5-7-14(18-4)8-6-13/h5-8,11-12,15-17H,9-10H2,1-4H3. The van der Waals surface area contributed by atoms with Gasteiger partial charge in [0, 0.05) is 23.1 Å². The number of rotatable bonds is 6. The summed E-state index contributed by atoms with van der Waals surface area (Å²) >= 11 is 2.03. The molecule has 0 aromatic heterocycles. The molecule has 4 atom stereocenters. The lowest BCUT2D eigenvalue weighted by Crippen LogP contribution is -2.28. The molecule has 0 aliphatic carbocycles. The van der Waals surface area contributed by atoms with E-state index in [-0.39, 0.29) is 0 Å². The highest BCUT2D eigenvalue weighted by Gasteiger charge is 2.29. The van der Waals surface area contributed by atoms with Gasteiger partial charge < -0.3 is 14.8 Å². The first-order valence-corrected chi connectivity index (χ1v) is 8.18. The van der Waals surface area contributed by atoms with Crippen molar-refractivity contribution in [3.63, 3.8) is 0 Å². The zero-order valence-electron chi connectivity index (χ0n) is 12.8. The summed E-state index contributed by atoms with van der Waals surface area (Å²) in [5, 5.41) is 4.55. The van der Waals surface area contributed by atoms with Crippen LogP contribution in [-0.4, -0.2) is 37.4 Å². The van der Waals surface area contributed by atoms with E-state index < -0.39 is 0 Å². The molecule has 1 fully saturated rings. The van der Waals surface area contributed by atoms with E-state index in [0.29, 0.717) is 22.6 Å². The molecule has 1 heterocycles. The number of nitrogens with one attached hydrogen (secondary N) is 1. The van der Waals surface area contributed by atoms with Gasteiger partial charge in [0.25, 0.3) is 0 Å². The van der Waals surface area contributed by atoms with Crippen LogP contribution >= 0.6 is 11.8 Å². The average molecular weight is 295 g/mol. The van der Waals surface area contributed by atoms with Gasteiger partial charge in [0.2, 0.25) is 0 Å². The number of methoxy groups -OCH3 is 1. The lowest BCUT2D eigenvalue weighted by Gasteiger charge is -2.27. The summed E-state index contributed by atoms with van der Waals surface area (Å²) < 4.78 is 10.9. The Hall–Kier alpha value is -0.710. The van der Waals surface area contributed by atoms with Gasteiger partial charge in [-0.2, -0.15) is 11.8 Å². The highest BCUT2D eigenvalue weighted by molar-refractivity contribution is 8.00. The monoisotopic (exact) mass is 295 g/mol. The van der Waals surface area contributed by atoms with Gasteiger partial charge in [0.15, 0.2) is 0 Å². The molecule has 1 aliphatic rings. The van der Waals surface area contributed by atoms with Gasteiger partial charge in [-0.05, 0) is 38.1 Å². The Morgan fingerprint density at radius 3 is 2.55 bits per heavy atom. The Bertz CT molecular complexity index is 409. The Balaban J connectivity index is 2.02. The van der Waals surface area contributed by atoms with Gasteiger partial charge in [0.05, 0.1) is 13.2 Å². The van der Waals surface area contributed by atoms with E-state index in [1.807, 2.05) is 30.9 Å². The zero-order chi connectivity index (χ0) is 14.5. The molecule has 0 amide bonds. The largest absolute Gasteiger partial charge is 0.497 e. The quantitative estimate of drug-likeness (QED) is 0.872. The van der Waals surface area contributed by atoms with E-state index in [4.69, 9.17) is 9.47 Å². The fourth-order valence-corrected chi connectivity index (χ4v) is 4.26. The minimum Gasteiger partial charge on any atom is -0.497 e. The lowest BCUT2D eigenvalue weighted by molar-refractivity contribution is 0.127. The number of thioether (sulfide) groups is 1. The molecule has 20 heavy (non-hydrogen) atoms. The maximum atomic E-state index is 5.66. The van der Waals surface area contributed by atoms with Crippen LogP contribution in [0.5, 0.6) is 5.75 Å². The fourth-order valence-electron chi connectivity index (χ4n) is 2.73. The van der Waals surface area contributed by atoms with Crippen molar-refractivity contribution >= 4 is 11.8 Å². The first kappa shape index (κ1) is 15.7. The summed E-state index contributed by atoms with van der Waals surface area (Å²) in [6.45, 7) is 5.37. The molecule has 0 saturated carbocycles. The van der Waals surface area contributed by atoms with Gasteiger partial charge in [-0.1, -0.05) is 19.1 Å². The van der Waals surface area contributed by atoms with Gasteiger partial charge in [0.1, 0.15) is 5.75 Å². The number of hydrogen-bond donors (Lipinski definition) is 1. The van der Waals surface area contributed by atoms with Crippen molar-refractivity contribution in [1.82, 2.24) is 5.32 Å². The fraction of sp³-hybridized carbons (Fsp3) is 0.625. The molecular weight excluding hydrogens is 270 g/mol. The van der Waals surface area contributed by atoms with Gasteiger partial charge in [-0.25, -0.2) is 0 Å². The van der Waals surface area contributed by atoms with Crippen LogP contribution in [0, 0.1) is 0 Å². The molecule has 1 saturated heterocycles. The summed E-state index contributed by atoms with van der Waals surface area (Å²) in [4.78, 5) is 0. The first-order valence-electron chi connectivity index (χ1n) is 7.24. The van der Waals surface area contributed by atoms with E-state index in [0.717, 1.165) is 18.8 Å². The van der Waals surface area contributed by atoms with Crippen LogP contribution in [0.25, 0.3) is 0 Å². The third-order valence-corrected chi connectivity index (χ3v) is 5.62. The molecule has 1 aliphatic heterocycles. The van der Waals surface area contributed by atoms with Crippen molar-refractivity contribution < 1.29 is 9.47 Å². The molecule has 3 nitrogen and oxygen atoms in total. The summed E-state index contributed by atoms with van der Waals surface area (Å²) in [7, 11) is 3.73. The molecule has 1 aromatic carbocycles. The second-order valence-corrected chi connectivity index (χ2v) is 6.90. The van der Waals surface area contributed by atoms with Crippen molar-refractivity contribution in [2.24, 2.45) is 0 Å². The molecular formula is C16H25NO2S. The molecule has 112 valence electrons. The smallest absolute Gasteiger partial charge is 0.118 e. The topological polar surface area (TPSA) is 30.5 Å². The molecule has 1 N–H and O–H groups in total. The Labute approximate surface area is 126 Å². The van der Waals surface area contributed by atoms with Crippen molar-refractivity contribution in [2.45, 2.75) is 42.9 Å². The van der Waals surface area contributed by atoms with Crippen molar-refractivity contribution in [3.8, 4) is 5.75 Å². The molecule has 4 unspecified atom stereocenters. The second kappa shape index (κ2) is 7.34. The van der Waals surface area contributed by atoms with Crippen molar-refractivity contribution in [1.29, 1.82) is 0 Å². The van der Waals surface area contributed by atoms with Crippen LogP contribution in [0.3, 0.4) is 0 Å². The summed E-state index contributed by atoms with van der Waals surface area (Å²) in [5.41, 5.74) is 1.31. The normalized spacial score (nSPS) is 25.4. The molecule has 0 bridgehead atoms. The van der Waals surface area contributed by atoms with Crippen LogP contribution in [0.2, 0.25) is 0 Å². The van der Waals surface area contributed by atoms with Crippen LogP contribution < -0.4 is 10.1 Å². The number of benzene rings is 1. The van der Waals surface area contributed by atoms with Crippen LogP contribution in [0.15, 0.2) is 24.3 Å². The minimum absolute atomic E-state index is 0.346. The van der Waals surface area contributed by atoms with Gasteiger partial charge in [-0.3, -0.25) is 0 Å². The highest BCUT2D eigenvalue weighted by atomic mass is 32.2. The van der Waals surface area contributed by atoms with Crippen molar-refractivity contribution in [2.75, 3.05) is 20.8 Å². The lowest BCUT2D eigenvalue weighted by atomic mass is 10.0. The number of ether oxygens (including phenoxy) is 2. The molecule has 4 heteroatoms. The highest BCUT2D eigenvalue weighted by Crippen LogP contribution is 2.35. The Morgan fingerprint density at radius 1 is 1.35 bits per heavy atom. The summed E-state index contributed by atoms with van der Waals surface area (Å²) in [6.07, 6.45) is 1.53. The SMILES string of the molecule is CNC(c1ccc(OC)cc1)C(C)SC1CCOC1C.